The zero-order valence-corrected chi connectivity index (χ0v) is 34.9. The second-order valence-corrected chi connectivity index (χ2v) is 15.8. The van der Waals surface area contributed by atoms with Gasteiger partial charge in [-0.3, -0.25) is 9.59 Å². The summed E-state index contributed by atoms with van der Waals surface area (Å²) in [5.74, 6) is 1.57. The van der Waals surface area contributed by atoms with E-state index >= 15 is 0 Å². The average molecular weight is 827 g/mol. The molecule has 0 saturated carbocycles. The third-order valence-corrected chi connectivity index (χ3v) is 11.5. The van der Waals surface area contributed by atoms with Gasteiger partial charge in [-0.15, -0.1) is 0 Å². The molecule has 316 valence electrons. The van der Waals surface area contributed by atoms with Gasteiger partial charge in [-0.25, -0.2) is 19.6 Å². The van der Waals surface area contributed by atoms with E-state index in [1.807, 2.05) is 49.9 Å². The number of fused-ring (bicyclic) bond motifs is 7. The fourth-order valence-electron chi connectivity index (χ4n) is 8.48. The van der Waals surface area contributed by atoms with Crippen molar-refractivity contribution in [2.45, 2.75) is 71.3 Å². The van der Waals surface area contributed by atoms with Gasteiger partial charge >= 0.3 is 12.2 Å². The molecule has 4 amide bonds. The Balaban J connectivity index is 1.02. The van der Waals surface area contributed by atoms with Crippen LogP contribution in [0.5, 0.6) is 5.75 Å². The van der Waals surface area contributed by atoms with Gasteiger partial charge in [0.15, 0.2) is 0 Å². The highest BCUT2D eigenvalue weighted by Gasteiger charge is 2.38. The maximum Gasteiger partial charge on any atom is 0.407 e. The largest absolute Gasteiger partial charge is 0.488 e. The number of aromatic nitrogens is 4. The monoisotopic (exact) mass is 826 g/mol. The molecule has 61 heavy (non-hydrogen) atoms. The van der Waals surface area contributed by atoms with Gasteiger partial charge in [0.2, 0.25) is 11.8 Å². The summed E-state index contributed by atoms with van der Waals surface area (Å²) in [6.45, 7) is 7.43. The average Bonchev–Trinajstić information content (AvgIpc) is 4.07. The van der Waals surface area contributed by atoms with Gasteiger partial charge in [0, 0.05) is 29.4 Å². The first kappa shape index (κ1) is 40.9. The first-order valence-corrected chi connectivity index (χ1v) is 20.7. The number of likely N-dealkylation sites (tertiary alicyclic amines) is 1. The predicted molar refractivity (Wildman–Crippen MR) is 229 cm³/mol. The first-order valence-electron chi connectivity index (χ1n) is 20.7. The number of H-pyrrole nitrogens is 2. The van der Waals surface area contributed by atoms with Crippen LogP contribution in [0.2, 0.25) is 0 Å². The molecule has 6 aromatic rings. The third kappa shape index (κ3) is 8.07. The van der Waals surface area contributed by atoms with Crippen LogP contribution in [0.25, 0.3) is 44.2 Å². The molecule has 4 N–H and O–H groups in total. The number of nitrogens with one attached hydrogen (secondary N) is 4. The van der Waals surface area contributed by atoms with Crippen molar-refractivity contribution in [3.05, 3.63) is 102 Å². The number of amides is 4. The molecule has 0 radical (unpaired) electrons. The van der Waals surface area contributed by atoms with E-state index in [0.717, 1.165) is 68.3 Å². The molecule has 15 heteroatoms. The maximum absolute atomic E-state index is 13.9. The molecule has 0 aliphatic carbocycles. The Labute approximate surface area is 353 Å². The van der Waals surface area contributed by atoms with Gasteiger partial charge in [-0.2, -0.15) is 0 Å². The standard InChI is InChI=1S/C46H50N8O7/c1-6-20-53(43(55)39(52-46(58)60-5)27-11-8-7-9-12-27)24-37-47-23-35(48-37)28-14-15-30-29(22-28)25-61-41-32(30)17-16-31-33(41)18-19-34-40(31)50-42(49-34)36-13-10-21-54(36)44(56)38(26(2)3)51-45(57)59-4/h7-9,11-12,14-19,22-23,26,36,38-39H,6,10,13,20-21,24-25H2,1-5H3,(H,47,48)(H,49,50)(H,51,57)(H,52,58). The maximum atomic E-state index is 13.9. The zero-order chi connectivity index (χ0) is 42.8. The highest BCUT2D eigenvalue weighted by Crippen LogP contribution is 2.45. The summed E-state index contributed by atoms with van der Waals surface area (Å²) in [5.41, 5.74) is 7.13. The van der Waals surface area contributed by atoms with Gasteiger partial charge in [-0.05, 0) is 71.7 Å². The molecule has 8 rings (SSSR count). The number of methoxy groups -OCH3 is 2. The predicted octanol–water partition coefficient (Wildman–Crippen LogP) is 7.55. The van der Waals surface area contributed by atoms with Crippen molar-refractivity contribution in [3.63, 3.8) is 0 Å². The van der Waals surface area contributed by atoms with Gasteiger partial charge < -0.3 is 44.6 Å². The lowest BCUT2D eigenvalue weighted by Gasteiger charge is -2.29. The summed E-state index contributed by atoms with van der Waals surface area (Å²) in [4.78, 5) is 72.1. The molecule has 4 heterocycles. The molecule has 0 bridgehead atoms. The minimum absolute atomic E-state index is 0.127. The van der Waals surface area contributed by atoms with Crippen molar-refractivity contribution in [1.29, 1.82) is 0 Å². The SMILES string of the molecule is CCCN(Cc1ncc(-c2ccc3c(c2)COc2c-3ccc3c2ccc2[nH]c(C4CCCN4C(=O)C(NC(=O)OC)C(C)C)nc23)[nH]1)C(=O)C(NC(=O)OC)c1ccccc1. The Bertz CT molecular complexity index is 2600. The summed E-state index contributed by atoms with van der Waals surface area (Å²) in [6.07, 6.45) is 2.74. The molecule has 1 saturated heterocycles. The number of imidazole rings is 2. The molecule has 2 aliphatic heterocycles. The van der Waals surface area contributed by atoms with Crippen LogP contribution < -0.4 is 15.4 Å². The molecule has 2 aromatic heterocycles. The number of ether oxygens (including phenoxy) is 3. The Morgan fingerprint density at radius 2 is 1.69 bits per heavy atom. The Morgan fingerprint density at radius 3 is 2.44 bits per heavy atom. The number of hydrogen-bond acceptors (Lipinski definition) is 9. The van der Waals surface area contributed by atoms with Gasteiger partial charge in [0.1, 0.15) is 36.1 Å². The molecule has 1 fully saturated rings. The summed E-state index contributed by atoms with van der Waals surface area (Å²) in [6, 6.07) is 21.7. The number of aromatic amines is 2. The topological polar surface area (TPSA) is 184 Å². The lowest BCUT2D eigenvalue weighted by Crippen LogP contribution is -2.51. The van der Waals surface area contributed by atoms with Crippen molar-refractivity contribution in [1.82, 2.24) is 40.4 Å². The molecule has 0 spiro atoms. The van der Waals surface area contributed by atoms with E-state index < -0.39 is 24.3 Å². The summed E-state index contributed by atoms with van der Waals surface area (Å²) in [5, 5.41) is 7.30. The second kappa shape index (κ2) is 17.4. The van der Waals surface area contributed by atoms with Crippen LogP contribution in [0, 0.1) is 5.92 Å². The molecule has 4 aromatic carbocycles. The van der Waals surface area contributed by atoms with Crippen LogP contribution in [0.4, 0.5) is 9.59 Å². The van der Waals surface area contributed by atoms with Crippen molar-refractivity contribution >= 4 is 45.8 Å². The van der Waals surface area contributed by atoms with Gasteiger partial charge in [-0.1, -0.05) is 69.3 Å². The number of alkyl carbamates (subject to hydrolysis) is 2. The number of benzene rings is 4. The van der Waals surface area contributed by atoms with E-state index in [0.29, 0.717) is 43.3 Å². The number of hydrogen-bond donors (Lipinski definition) is 4. The molecule has 2 aliphatic rings. The van der Waals surface area contributed by atoms with Crippen molar-refractivity contribution in [2.24, 2.45) is 5.92 Å². The Kier molecular flexibility index (Phi) is 11.6. The number of rotatable bonds is 12. The van der Waals surface area contributed by atoms with E-state index in [9.17, 15) is 19.2 Å². The Hall–Kier alpha value is -6.90. The lowest BCUT2D eigenvalue weighted by molar-refractivity contribution is -0.135. The number of carbonyl (C=O) groups is 4. The first-order chi connectivity index (χ1) is 29.6. The number of nitrogens with zero attached hydrogens (tertiary/aromatic N) is 4. The molecule has 15 nitrogen and oxygen atoms in total. The van der Waals surface area contributed by atoms with E-state index in [1.54, 1.807) is 23.2 Å². The number of carbonyl (C=O) groups excluding carboxylic acids is 4. The minimum Gasteiger partial charge on any atom is -0.488 e. The van der Waals surface area contributed by atoms with E-state index in [1.165, 1.54) is 14.2 Å². The lowest BCUT2D eigenvalue weighted by atomic mass is 9.92. The molecular weight excluding hydrogens is 777 g/mol. The Morgan fingerprint density at radius 1 is 0.934 bits per heavy atom. The quantitative estimate of drug-likeness (QED) is 0.0968. The van der Waals surface area contributed by atoms with Crippen LogP contribution in [-0.2, 0) is 32.2 Å². The van der Waals surface area contributed by atoms with Gasteiger partial charge in [0.05, 0.1) is 49.7 Å². The zero-order valence-electron chi connectivity index (χ0n) is 34.9. The summed E-state index contributed by atoms with van der Waals surface area (Å²) >= 11 is 0. The van der Waals surface area contributed by atoms with E-state index in [4.69, 9.17) is 19.2 Å². The van der Waals surface area contributed by atoms with E-state index in [2.05, 4.69) is 62.0 Å². The smallest absolute Gasteiger partial charge is 0.407 e. The van der Waals surface area contributed by atoms with Gasteiger partial charge in [0.25, 0.3) is 0 Å². The fraction of sp³-hybridized carbons (Fsp3) is 0.348. The third-order valence-electron chi connectivity index (χ3n) is 11.5. The summed E-state index contributed by atoms with van der Waals surface area (Å²) in [7, 11) is 2.56. The highest BCUT2D eigenvalue weighted by molar-refractivity contribution is 6.09. The molecule has 3 atom stereocenters. The molecular formula is C46H50N8O7. The molecule has 3 unspecified atom stereocenters. The van der Waals surface area contributed by atoms with Crippen molar-refractivity contribution < 1.29 is 33.4 Å². The van der Waals surface area contributed by atoms with Crippen LogP contribution in [-0.4, -0.2) is 87.1 Å². The van der Waals surface area contributed by atoms with Crippen molar-refractivity contribution in [3.8, 4) is 28.1 Å². The second-order valence-electron chi connectivity index (χ2n) is 15.8. The minimum atomic E-state index is -0.917. The van der Waals surface area contributed by atoms with Crippen LogP contribution in [0.15, 0.2) is 79.0 Å². The summed E-state index contributed by atoms with van der Waals surface area (Å²) < 4.78 is 16.1. The van der Waals surface area contributed by atoms with Crippen LogP contribution in [0.3, 0.4) is 0 Å². The normalized spacial score (nSPS) is 15.4. The van der Waals surface area contributed by atoms with Crippen molar-refractivity contribution in [2.75, 3.05) is 27.3 Å². The van der Waals surface area contributed by atoms with E-state index in [-0.39, 0.29) is 30.3 Å². The van der Waals surface area contributed by atoms with Crippen LogP contribution in [0.1, 0.15) is 74.9 Å². The fourth-order valence-corrected chi connectivity index (χ4v) is 8.48. The highest BCUT2D eigenvalue weighted by atomic mass is 16.5. The van der Waals surface area contributed by atoms with Crippen LogP contribution >= 0.6 is 0 Å².